The van der Waals surface area contributed by atoms with Crippen molar-refractivity contribution in [2.45, 2.75) is 32.6 Å². The molecule has 0 amide bonds. The molecule has 2 atom stereocenters. The van der Waals surface area contributed by atoms with Gasteiger partial charge in [0.15, 0.2) is 0 Å². The Balaban J connectivity index is 2.14. The number of rotatable bonds is 4. The molecule has 2 heteroatoms. The lowest BCUT2D eigenvalue weighted by molar-refractivity contribution is 0.296. The lowest BCUT2D eigenvalue weighted by Crippen LogP contribution is -2.24. The second kappa shape index (κ2) is 5.29. The zero-order valence-electron chi connectivity index (χ0n) is 10.4. The molecule has 0 radical (unpaired) electrons. The number of hydrogen-bond donors (Lipinski definition) is 0. The molecule has 0 N–H and O–H groups in total. The minimum atomic E-state index is 0.193. The Kier molecular flexibility index (Phi) is 3.75. The molecule has 2 nitrogen and oxygen atoms in total. The Morgan fingerprint density at radius 1 is 1.41 bits per heavy atom. The van der Waals surface area contributed by atoms with Crippen LogP contribution in [0.2, 0.25) is 0 Å². The summed E-state index contributed by atoms with van der Waals surface area (Å²) < 4.78 is 0. The van der Waals surface area contributed by atoms with Crippen molar-refractivity contribution in [1.29, 1.82) is 0 Å². The first kappa shape index (κ1) is 12.1. The summed E-state index contributed by atoms with van der Waals surface area (Å²) in [5.41, 5.74) is 1.54. The predicted octanol–water partition coefficient (Wildman–Crippen LogP) is 3.37. The van der Waals surface area contributed by atoms with Gasteiger partial charge in [-0.3, -0.25) is 0 Å². The average Bonchev–Trinajstić information content (AvgIpc) is 2.70. The molecule has 0 bridgehead atoms. The number of isocyanates is 1. The molecule has 1 aromatic carbocycles. The normalized spacial score (nSPS) is 27.7. The summed E-state index contributed by atoms with van der Waals surface area (Å²) >= 11 is 0. The van der Waals surface area contributed by atoms with Crippen molar-refractivity contribution in [2.24, 2.45) is 16.3 Å². The van der Waals surface area contributed by atoms with Crippen molar-refractivity contribution in [3.05, 3.63) is 35.9 Å². The first-order valence-corrected chi connectivity index (χ1v) is 6.32. The maximum atomic E-state index is 10.3. The number of nitrogens with zero attached hydrogens (tertiary/aromatic N) is 1. The maximum absolute atomic E-state index is 10.3. The number of benzene rings is 1. The molecule has 1 aromatic rings. The van der Waals surface area contributed by atoms with E-state index in [4.69, 9.17) is 0 Å². The highest BCUT2D eigenvalue weighted by Gasteiger charge is 2.37. The van der Waals surface area contributed by atoms with E-state index < -0.39 is 0 Å². The van der Waals surface area contributed by atoms with Crippen LogP contribution in [-0.4, -0.2) is 12.6 Å². The zero-order chi connectivity index (χ0) is 12.1. The molecule has 1 unspecified atom stereocenters. The summed E-state index contributed by atoms with van der Waals surface area (Å²) in [5.74, 6) is 0.751. The van der Waals surface area contributed by atoms with E-state index in [1.54, 1.807) is 6.08 Å². The molecule has 1 aliphatic rings. The maximum Gasteiger partial charge on any atom is 0.234 e. The van der Waals surface area contributed by atoms with Gasteiger partial charge in [0.25, 0.3) is 0 Å². The smallest absolute Gasteiger partial charge is 0.211 e. The van der Waals surface area contributed by atoms with Gasteiger partial charge < -0.3 is 0 Å². The quantitative estimate of drug-likeness (QED) is 0.575. The molecule has 0 aliphatic heterocycles. The number of hydrogen-bond acceptors (Lipinski definition) is 2. The van der Waals surface area contributed by atoms with Crippen LogP contribution in [0.3, 0.4) is 0 Å². The summed E-state index contributed by atoms with van der Waals surface area (Å²) in [6, 6.07) is 10.5. The Hall–Kier alpha value is -1.40. The van der Waals surface area contributed by atoms with E-state index in [0.717, 1.165) is 12.3 Å². The van der Waals surface area contributed by atoms with Gasteiger partial charge in [-0.25, -0.2) is 9.79 Å². The van der Waals surface area contributed by atoms with Crippen LogP contribution in [-0.2, 0) is 11.2 Å². The summed E-state index contributed by atoms with van der Waals surface area (Å²) in [7, 11) is 0. The largest absolute Gasteiger partial charge is 0.234 e. The van der Waals surface area contributed by atoms with Crippen LogP contribution in [0.25, 0.3) is 0 Å². The van der Waals surface area contributed by atoms with Gasteiger partial charge in [-0.2, -0.15) is 0 Å². The van der Waals surface area contributed by atoms with Gasteiger partial charge in [0.05, 0.1) is 6.54 Å². The van der Waals surface area contributed by atoms with Crippen LogP contribution in [0.4, 0.5) is 0 Å². The van der Waals surface area contributed by atoms with E-state index in [1.165, 1.54) is 24.8 Å². The fourth-order valence-electron chi connectivity index (χ4n) is 3.08. The highest BCUT2D eigenvalue weighted by atomic mass is 16.1. The molecular formula is C15H19NO. The van der Waals surface area contributed by atoms with Crippen LogP contribution in [0.1, 0.15) is 31.7 Å². The molecule has 0 aromatic heterocycles. The summed E-state index contributed by atoms with van der Waals surface area (Å²) in [6.45, 7) is 2.92. The van der Waals surface area contributed by atoms with Crippen molar-refractivity contribution >= 4 is 6.08 Å². The van der Waals surface area contributed by atoms with E-state index >= 15 is 0 Å². The van der Waals surface area contributed by atoms with Crippen LogP contribution in [0.15, 0.2) is 35.3 Å². The summed E-state index contributed by atoms with van der Waals surface area (Å²) in [4.78, 5) is 14.2. The fraction of sp³-hybridized carbons (Fsp3) is 0.533. The lowest BCUT2D eigenvalue weighted by atomic mass is 9.79. The highest BCUT2D eigenvalue weighted by Crippen LogP contribution is 2.44. The van der Waals surface area contributed by atoms with Gasteiger partial charge in [-0.05, 0) is 36.2 Å². The van der Waals surface area contributed by atoms with Crippen molar-refractivity contribution in [3.63, 3.8) is 0 Å². The van der Waals surface area contributed by atoms with Crippen LogP contribution >= 0.6 is 0 Å². The highest BCUT2D eigenvalue weighted by molar-refractivity contribution is 5.33. The third kappa shape index (κ3) is 3.04. The van der Waals surface area contributed by atoms with Crippen molar-refractivity contribution in [3.8, 4) is 0 Å². The van der Waals surface area contributed by atoms with Crippen molar-refractivity contribution in [2.75, 3.05) is 6.54 Å². The summed E-state index contributed by atoms with van der Waals surface area (Å²) in [6.07, 6.45) is 6.33. The van der Waals surface area contributed by atoms with Gasteiger partial charge in [0.2, 0.25) is 6.08 Å². The van der Waals surface area contributed by atoms with Crippen LogP contribution < -0.4 is 0 Å². The minimum absolute atomic E-state index is 0.193. The Bertz CT molecular complexity index is 408. The van der Waals surface area contributed by atoms with Crippen LogP contribution in [0.5, 0.6) is 0 Å². The minimum Gasteiger partial charge on any atom is -0.211 e. The van der Waals surface area contributed by atoms with Crippen LogP contribution in [0, 0.1) is 11.3 Å². The second-order valence-corrected chi connectivity index (χ2v) is 5.42. The molecule has 17 heavy (non-hydrogen) atoms. The second-order valence-electron chi connectivity index (χ2n) is 5.42. The van der Waals surface area contributed by atoms with E-state index in [2.05, 4.69) is 36.2 Å². The number of carbonyl (C=O) groups excluding carboxylic acids is 1. The molecule has 90 valence electrons. The van der Waals surface area contributed by atoms with Crippen molar-refractivity contribution < 1.29 is 4.79 Å². The van der Waals surface area contributed by atoms with E-state index in [-0.39, 0.29) is 5.41 Å². The molecule has 0 spiro atoms. The van der Waals surface area contributed by atoms with E-state index in [1.807, 2.05) is 6.07 Å². The van der Waals surface area contributed by atoms with E-state index in [0.29, 0.717) is 6.54 Å². The lowest BCUT2D eigenvalue weighted by Gasteiger charge is -2.27. The molecule has 1 aliphatic carbocycles. The molecule has 2 rings (SSSR count). The Morgan fingerprint density at radius 2 is 2.18 bits per heavy atom. The molecule has 0 saturated heterocycles. The first-order valence-electron chi connectivity index (χ1n) is 6.32. The first-order chi connectivity index (χ1) is 8.24. The van der Waals surface area contributed by atoms with Gasteiger partial charge in [0.1, 0.15) is 0 Å². The third-order valence-corrected chi connectivity index (χ3v) is 3.85. The Morgan fingerprint density at radius 3 is 2.76 bits per heavy atom. The predicted molar refractivity (Wildman–Crippen MR) is 68.6 cm³/mol. The van der Waals surface area contributed by atoms with Gasteiger partial charge in [-0.15, -0.1) is 0 Å². The summed E-state index contributed by atoms with van der Waals surface area (Å²) in [5, 5.41) is 0. The third-order valence-electron chi connectivity index (χ3n) is 3.85. The number of aliphatic imine (C=N–C) groups is 1. The molecule has 0 heterocycles. The topological polar surface area (TPSA) is 29.4 Å². The monoisotopic (exact) mass is 229 g/mol. The van der Waals surface area contributed by atoms with Crippen molar-refractivity contribution in [1.82, 2.24) is 0 Å². The standard InChI is InChI=1S/C15H19NO/c1-13-7-8-15(9-13,11-16-12-17)10-14-5-3-2-4-6-14/h2-6,13H,7-11H2,1H3/t13-,15?/m1/s1. The molecule has 1 fully saturated rings. The zero-order valence-corrected chi connectivity index (χ0v) is 10.4. The van der Waals surface area contributed by atoms with Gasteiger partial charge in [0, 0.05) is 0 Å². The Labute approximate surface area is 103 Å². The van der Waals surface area contributed by atoms with Gasteiger partial charge in [-0.1, -0.05) is 43.7 Å². The van der Waals surface area contributed by atoms with E-state index in [9.17, 15) is 4.79 Å². The SMILES string of the molecule is C[C@@H]1CCC(CN=C=O)(Cc2ccccc2)C1. The van der Waals surface area contributed by atoms with Gasteiger partial charge >= 0.3 is 0 Å². The molecule has 1 saturated carbocycles. The average molecular weight is 229 g/mol. The molecular weight excluding hydrogens is 210 g/mol. The fourth-order valence-corrected chi connectivity index (χ4v) is 3.08.